The number of benzene rings is 1. The van der Waals surface area contributed by atoms with E-state index < -0.39 is 0 Å². The van der Waals surface area contributed by atoms with E-state index in [1.165, 1.54) is 16.8 Å². The van der Waals surface area contributed by atoms with Crippen molar-refractivity contribution < 1.29 is 0 Å². The summed E-state index contributed by atoms with van der Waals surface area (Å²) in [4.78, 5) is 2.49. The molecule has 2 heterocycles. The van der Waals surface area contributed by atoms with Crippen LogP contribution in [0.5, 0.6) is 0 Å². The minimum absolute atomic E-state index is 0.378. The maximum atomic E-state index is 6.10. The lowest BCUT2D eigenvalue weighted by atomic mass is 10.0. The molecule has 2 N–H and O–H groups in total. The Bertz CT molecular complexity index is 373. The highest BCUT2D eigenvalue weighted by molar-refractivity contribution is 5.62. The average molecular weight is 188 g/mol. The number of hydrogen-bond acceptors (Lipinski definition) is 2. The van der Waals surface area contributed by atoms with Gasteiger partial charge >= 0.3 is 0 Å². The number of anilines is 1. The van der Waals surface area contributed by atoms with Crippen LogP contribution in [0.1, 0.15) is 17.5 Å². The predicted molar refractivity (Wildman–Crippen MR) is 58.6 cm³/mol. The molecule has 74 valence electrons. The van der Waals surface area contributed by atoms with E-state index >= 15 is 0 Å². The zero-order valence-corrected chi connectivity index (χ0v) is 8.53. The summed E-state index contributed by atoms with van der Waals surface area (Å²) in [7, 11) is 0. The smallest absolute Gasteiger partial charge is 0.0482 e. The average Bonchev–Trinajstić information content (AvgIpc) is 2.67. The van der Waals surface area contributed by atoms with E-state index in [1.54, 1.807) is 0 Å². The van der Waals surface area contributed by atoms with Crippen molar-refractivity contribution in [1.82, 2.24) is 0 Å². The highest BCUT2D eigenvalue weighted by atomic mass is 15.2. The van der Waals surface area contributed by atoms with E-state index in [2.05, 4.69) is 30.0 Å². The number of fused-ring (bicyclic) bond motifs is 3. The highest BCUT2D eigenvalue weighted by Crippen LogP contribution is 2.37. The lowest BCUT2D eigenvalue weighted by molar-refractivity contribution is 0.600. The number of nitrogens with two attached hydrogens (primary N) is 1. The van der Waals surface area contributed by atoms with Crippen LogP contribution in [0.3, 0.4) is 0 Å². The van der Waals surface area contributed by atoms with Crippen LogP contribution in [-0.4, -0.2) is 18.6 Å². The molecule has 1 saturated heterocycles. The van der Waals surface area contributed by atoms with Gasteiger partial charge in [-0.1, -0.05) is 12.1 Å². The van der Waals surface area contributed by atoms with Gasteiger partial charge in [0.15, 0.2) is 0 Å². The van der Waals surface area contributed by atoms with Gasteiger partial charge in [-0.3, -0.25) is 0 Å². The summed E-state index contributed by atoms with van der Waals surface area (Å²) < 4.78 is 0. The molecule has 0 radical (unpaired) electrons. The summed E-state index contributed by atoms with van der Waals surface area (Å²) in [6.07, 6.45) is 2.30. The topological polar surface area (TPSA) is 29.3 Å². The normalized spacial score (nSPS) is 29.1. The third kappa shape index (κ3) is 1.01. The summed E-state index contributed by atoms with van der Waals surface area (Å²) in [5.41, 5.74) is 10.4. The van der Waals surface area contributed by atoms with Crippen molar-refractivity contribution >= 4 is 5.69 Å². The summed E-state index contributed by atoms with van der Waals surface area (Å²) in [6.45, 7) is 3.30. The van der Waals surface area contributed by atoms with Crippen LogP contribution < -0.4 is 10.6 Å². The summed E-state index contributed by atoms with van der Waals surface area (Å²) in [5.74, 6) is 0. The fourth-order valence-corrected chi connectivity index (χ4v) is 2.78. The molecule has 0 aromatic heterocycles. The molecule has 1 aromatic carbocycles. The molecule has 1 fully saturated rings. The second kappa shape index (κ2) is 2.74. The van der Waals surface area contributed by atoms with Gasteiger partial charge in [-0.05, 0) is 37.0 Å². The van der Waals surface area contributed by atoms with Gasteiger partial charge in [-0.2, -0.15) is 0 Å². The van der Waals surface area contributed by atoms with E-state index in [0.29, 0.717) is 12.1 Å². The standard InChI is InChI=1S/C12H16N2/c1-8-2-3-9-7-12-10(13)4-5-14(12)11(9)6-8/h2-3,6,10,12H,4-5,7,13H2,1H3. The SMILES string of the molecule is Cc1ccc2c(c1)N1CCC(N)C1C2. The molecule has 2 nitrogen and oxygen atoms in total. The lowest BCUT2D eigenvalue weighted by Crippen LogP contribution is -2.36. The third-order valence-electron chi connectivity index (χ3n) is 3.58. The second-order valence-corrected chi connectivity index (χ2v) is 4.55. The van der Waals surface area contributed by atoms with Gasteiger partial charge in [0.2, 0.25) is 0 Å². The maximum Gasteiger partial charge on any atom is 0.0482 e. The van der Waals surface area contributed by atoms with Crippen LogP contribution in [0.25, 0.3) is 0 Å². The van der Waals surface area contributed by atoms with E-state index in [1.807, 2.05) is 0 Å². The molecule has 0 spiro atoms. The first-order valence-corrected chi connectivity index (χ1v) is 5.37. The predicted octanol–water partition coefficient (Wildman–Crippen LogP) is 1.46. The molecule has 0 aliphatic carbocycles. The van der Waals surface area contributed by atoms with Crippen LogP contribution in [0.2, 0.25) is 0 Å². The van der Waals surface area contributed by atoms with Crippen molar-refractivity contribution in [3.8, 4) is 0 Å². The molecule has 2 heteroatoms. The van der Waals surface area contributed by atoms with Crippen molar-refractivity contribution in [2.24, 2.45) is 5.73 Å². The van der Waals surface area contributed by atoms with Gasteiger partial charge in [0, 0.05) is 24.3 Å². The van der Waals surface area contributed by atoms with Gasteiger partial charge in [-0.25, -0.2) is 0 Å². The van der Waals surface area contributed by atoms with Gasteiger partial charge in [0.25, 0.3) is 0 Å². The maximum absolute atomic E-state index is 6.10. The fourth-order valence-electron chi connectivity index (χ4n) is 2.78. The highest BCUT2D eigenvalue weighted by Gasteiger charge is 2.37. The number of nitrogens with zero attached hydrogens (tertiary/aromatic N) is 1. The summed E-state index contributed by atoms with van der Waals surface area (Å²) in [5, 5.41) is 0. The first-order valence-electron chi connectivity index (χ1n) is 5.37. The monoisotopic (exact) mass is 188 g/mol. The van der Waals surface area contributed by atoms with Crippen LogP contribution in [0, 0.1) is 6.92 Å². The second-order valence-electron chi connectivity index (χ2n) is 4.55. The first-order chi connectivity index (χ1) is 6.75. The summed E-state index contributed by atoms with van der Waals surface area (Å²) in [6, 6.07) is 7.71. The van der Waals surface area contributed by atoms with Crippen LogP contribution in [0.15, 0.2) is 18.2 Å². The Kier molecular flexibility index (Phi) is 1.62. The van der Waals surface area contributed by atoms with E-state index in [9.17, 15) is 0 Å². The van der Waals surface area contributed by atoms with Crippen molar-refractivity contribution in [2.45, 2.75) is 31.8 Å². The molecular formula is C12H16N2. The van der Waals surface area contributed by atoms with Crippen LogP contribution in [0.4, 0.5) is 5.69 Å². The molecule has 2 aliphatic heterocycles. The molecule has 0 amide bonds. The number of aryl methyl sites for hydroxylation is 1. The van der Waals surface area contributed by atoms with Crippen LogP contribution in [-0.2, 0) is 6.42 Å². The largest absolute Gasteiger partial charge is 0.366 e. The fraction of sp³-hybridized carbons (Fsp3) is 0.500. The first kappa shape index (κ1) is 8.30. The van der Waals surface area contributed by atoms with Crippen molar-refractivity contribution in [2.75, 3.05) is 11.4 Å². The quantitative estimate of drug-likeness (QED) is 0.668. The molecule has 14 heavy (non-hydrogen) atoms. The zero-order valence-electron chi connectivity index (χ0n) is 8.53. The zero-order chi connectivity index (χ0) is 9.71. The van der Waals surface area contributed by atoms with Crippen LogP contribution >= 0.6 is 0 Å². The minimum Gasteiger partial charge on any atom is -0.366 e. The molecule has 1 aromatic rings. The summed E-state index contributed by atoms with van der Waals surface area (Å²) >= 11 is 0. The number of hydrogen-bond donors (Lipinski definition) is 1. The van der Waals surface area contributed by atoms with Gasteiger partial charge in [0.1, 0.15) is 0 Å². The van der Waals surface area contributed by atoms with Crippen molar-refractivity contribution in [3.63, 3.8) is 0 Å². The molecule has 2 aliphatic rings. The molecule has 2 unspecified atom stereocenters. The Hall–Kier alpha value is -1.02. The van der Waals surface area contributed by atoms with Gasteiger partial charge < -0.3 is 10.6 Å². The van der Waals surface area contributed by atoms with E-state index in [4.69, 9.17) is 5.73 Å². The molecular weight excluding hydrogens is 172 g/mol. The molecule has 3 rings (SSSR count). The van der Waals surface area contributed by atoms with Crippen molar-refractivity contribution in [3.05, 3.63) is 29.3 Å². The molecule has 0 saturated carbocycles. The van der Waals surface area contributed by atoms with Crippen molar-refractivity contribution in [1.29, 1.82) is 0 Å². The third-order valence-corrected chi connectivity index (χ3v) is 3.58. The Balaban J connectivity index is 2.05. The minimum atomic E-state index is 0.378. The Morgan fingerprint density at radius 3 is 3.14 bits per heavy atom. The number of rotatable bonds is 0. The van der Waals surface area contributed by atoms with Gasteiger partial charge in [0.05, 0.1) is 0 Å². The van der Waals surface area contributed by atoms with Gasteiger partial charge in [-0.15, -0.1) is 0 Å². The lowest BCUT2D eigenvalue weighted by Gasteiger charge is -2.20. The Morgan fingerprint density at radius 2 is 2.29 bits per heavy atom. The van der Waals surface area contributed by atoms with E-state index in [0.717, 1.165) is 19.4 Å². The molecule has 2 atom stereocenters. The van der Waals surface area contributed by atoms with E-state index in [-0.39, 0.29) is 0 Å². The molecule has 0 bridgehead atoms. The Labute approximate surface area is 84.7 Å². The Morgan fingerprint density at radius 1 is 1.43 bits per heavy atom.